The minimum atomic E-state index is -1.24. The fraction of sp³-hybridized carbons (Fsp3) is 0. The fourth-order valence-electron chi connectivity index (χ4n) is 0.567. The van der Waals surface area contributed by atoms with E-state index in [1.165, 1.54) is 0 Å². The van der Waals surface area contributed by atoms with Crippen molar-refractivity contribution in [1.82, 2.24) is 0 Å². The van der Waals surface area contributed by atoms with E-state index in [2.05, 4.69) is 4.66 Å². The topological polar surface area (TPSA) is 29.4 Å². The molecular weight excluding hydrogens is 118 g/mol. The standard InChI is InChI=1S/C5H5NOSi/c7-5-6-8-3-1-2-4-8/h1-4,8H. The van der Waals surface area contributed by atoms with Gasteiger partial charge in [-0.15, -0.1) is 0 Å². The summed E-state index contributed by atoms with van der Waals surface area (Å²) in [4.78, 5) is 9.64. The summed E-state index contributed by atoms with van der Waals surface area (Å²) in [7, 11) is -1.24. The summed E-state index contributed by atoms with van der Waals surface area (Å²) in [5, 5.41) is 0. The Balaban J connectivity index is 2.62. The second kappa shape index (κ2) is 2.40. The van der Waals surface area contributed by atoms with Gasteiger partial charge < -0.3 is 0 Å². The van der Waals surface area contributed by atoms with Gasteiger partial charge in [-0.05, 0) is 0 Å². The van der Waals surface area contributed by atoms with Crippen molar-refractivity contribution < 1.29 is 4.79 Å². The molecule has 0 aromatic heterocycles. The molecule has 40 valence electrons. The Hall–Kier alpha value is -0.923. The van der Waals surface area contributed by atoms with Crippen LogP contribution in [0.5, 0.6) is 0 Å². The highest BCUT2D eigenvalue weighted by molar-refractivity contribution is 6.69. The summed E-state index contributed by atoms with van der Waals surface area (Å²) in [5.74, 6) is 0. The molecule has 0 N–H and O–H groups in total. The number of nitrogens with zero attached hydrogens (tertiary/aromatic N) is 1. The normalized spacial score (nSPS) is 16.5. The van der Waals surface area contributed by atoms with Crippen molar-refractivity contribution in [2.24, 2.45) is 4.66 Å². The van der Waals surface area contributed by atoms with E-state index in [0.29, 0.717) is 0 Å². The first-order valence-corrected chi connectivity index (χ1v) is 4.20. The van der Waals surface area contributed by atoms with Gasteiger partial charge in [-0.1, -0.05) is 23.6 Å². The highest BCUT2D eigenvalue weighted by Gasteiger charge is 2.00. The maximum absolute atomic E-state index is 9.64. The van der Waals surface area contributed by atoms with Crippen LogP contribution < -0.4 is 0 Å². The zero-order valence-corrected chi connectivity index (χ0v) is 5.40. The lowest BCUT2D eigenvalue weighted by Crippen LogP contribution is -1.96. The van der Waals surface area contributed by atoms with E-state index in [1.807, 2.05) is 23.6 Å². The predicted octanol–water partition coefficient (Wildman–Crippen LogP) is 0.250. The minimum absolute atomic E-state index is 1.24. The van der Waals surface area contributed by atoms with Gasteiger partial charge in [0.1, 0.15) is 0 Å². The molecule has 0 fully saturated rings. The average Bonchev–Trinajstić information content (AvgIpc) is 2.19. The largest absolute Gasteiger partial charge is 0.241 e. The lowest BCUT2D eigenvalue weighted by atomic mass is 10.6. The van der Waals surface area contributed by atoms with Crippen molar-refractivity contribution in [2.45, 2.75) is 0 Å². The Bertz CT molecular complexity index is 167. The second-order valence-corrected chi connectivity index (χ2v) is 3.49. The first-order chi connectivity index (χ1) is 3.93. The molecule has 8 heavy (non-hydrogen) atoms. The molecule has 3 heteroatoms. The molecule has 0 aliphatic carbocycles. The van der Waals surface area contributed by atoms with Gasteiger partial charge in [-0.25, -0.2) is 9.45 Å². The van der Waals surface area contributed by atoms with Crippen LogP contribution >= 0.6 is 0 Å². The van der Waals surface area contributed by atoms with E-state index in [1.54, 1.807) is 6.08 Å². The number of rotatable bonds is 1. The quantitative estimate of drug-likeness (QED) is 0.279. The van der Waals surface area contributed by atoms with Crippen LogP contribution in [0.1, 0.15) is 0 Å². The summed E-state index contributed by atoms with van der Waals surface area (Å²) >= 11 is 0. The smallest absolute Gasteiger partial charge is 0.229 e. The molecule has 1 heterocycles. The van der Waals surface area contributed by atoms with Gasteiger partial charge in [0.15, 0.2) is 0 Å². The molecule has 0 bridgehead atoms. The van der Waals surface area contributed by atoms with Crippen molar-refractivity contribution in [3.8, 4) is 0 Å². The maximum atomic E-state index is 9.64. The third kappa shape index (κ3) is 1.02. The zero-order chi connectivity index (χ0) is 5.82. The molecule has 0 unspecified atom stereocenters. The van der Waals surface area contributed by atoms with Crippen LogP contribution in [-0.2, 0) is 4.79 Å². The van der Waals surface area contributed by atoms with Crippen LogP contribution in [0, 0.1) is 0 Å². The molecule has 1 aliphatic rings. The number of hydrogen-bond acceptors (Lipinski definition) is 2. The number of hydrogen-bond donors (Lipinski definition) is 0. The molecule has 2 nitrogen and oxygen atoms in total. The van der Waals surface area contributed by atoms with Gasteiger partial charge in [0.05, 0.1) is 0 Å². The fourth-order valence-corrected chi connectivity index (χ4v) is 1.70. The summed E-state index contributed by atoms with van der Waals surface area (Å²) in [6, 6.07) is 0. The van der Waals surface area contributed by atoms with Crippen LogP contribution in [0.2, 0.25) is 0 Å². The number of allylic oxidation sites excluding steroid dienone is 2. The monoisotopic (exact) mass is 123 g/mol. The summed E-state index contributed by atoms with van der Waals surface area (Å²) in [6.07, 6.45) is 5.37. The van der Waals surface area contributed by atoms with Gasteiger partial charge >= 0.3 is 0 Å². The Labute approximate surface area is 48.9 Å². The molecule has 0 radical (unpaired) electrons. The molecule has 0 aromatic rings. The minimum Gasteiger partial charge on any atom is -0.241 e. The molecule has 1 rings (SSSR count). The molecule has 0 atom stereocenters. The van der Waals surface area contributed by atoms with E-state index >= 15 is 0 Å². The third-order valence-corrected chi connectivity index (χ3v) is 2.57. The van der Waals surface area contributed by atoms with E-state index < -0.39 is 8.96 Å². The lowest BCUT2D eigenvalue weighted by molar-refractivity contribution is 0.566. The second-order valence-electron chi connectivity index (χ2n) is 1.48. The number of carbonyl (C=O) groups excluding carboxylic acids is 1. The van der Waals surface area contributed by atoms with Crippen molar-refractivity contribution in [3.05, 3.63) is 23.6 Å². The first kappa shape index (κ1) is 5.22. The molecule has 1 aliphatic heterocycles. The first-order valence-electron chi connectivity index (χ1n) is 2.35. The predicted molar refractivity (Wildman–Crippen MR) is 33.6 cm³/mol. The Morgan fingerprint density at radius 3 is 2.50 bits per heavy atom. The maximum Gasteiger partial charge on any atom is 0.229 e. The van der Waals surface area contributed by atoms with Crippen molar-refractivity contribution in [3.63, 3.8) is 0 Å². The lowest BCUT2D eigenvalue weighted by Gasteiger charge is -1.82. The van der Waals surface area contributed by atoms with Crippen LogP contribution in [0.4, 0.5) is 0 Å². The van der Waals surface area contributed by atoms with E-state index in [4.69, 9.17) is 0 Å². The van der Waals surface area contributed by atoms with Gasteiger partial charge in [0.25, 0.3) is 0 Å². The van der Waals surface area contributed by atoms with Crippen LogP contribution in [0.25, 0.3) is 0 Å². The SMILES string of the molecule is O=C=N[SiH]1C=CC=C1. The highest BCUT2D eigenvalue weighted by atomic mass is 28.3. The molecule has 0 aromatic carbocycles. The Morgan fingerprint density at radius 2 is 2.00 bits per heavy atom. The van der Waals surface area contributed by atoms with E-state index in [9.17, 15) is 4.79 Å². The summed E-state index contributed by atoms with van der Waals surface area (Å²) in [6.45, 7) is 0. The third-order valence-electron chi connectivity index (χ3n) is 0.929. The average molecular weight is 123 g/mol. The van der Waals surface area contributed by atoms with Crippen LogP contribution in [0.3, 0.4) is 0 Å². The van der Waals surface area contributed by atoms with Crippen molar-refractivity contribution in [1.29, 1.82) is 0 Å². The molecule has 0 spiro atoms. The van der Waals surface area contributed by atoms with Gasteiger partial charge in [-0.2, -0.15) is 0 Å². The van der Waals surface area contributed by atoms with Crippen molar-refractivity contribution >= 4 is 15.0 Å². The zero-order valence-electron chi connectivity index (χ0n) is 4.24. The molecule has 0 saturated carbocycles. The molecule has 0 saturated heterocycles. The van der Waals surface area contributed by atoms with Gasteiger partial charge in [0.2, 0.25) is 15.0 Å². The summed E-state index contributed by atoms with van der Waals surface area (Å²) < 4.78 is 3.58. The molecular formula is C5H5NOSi. The Kier molecular flexibility index (Phi) is 1.57. The molecule has 0 amide bonds. The number of isocyanates is 1. The van der Waals surface area contributed by atoms with E-state index in [-0.39, 0.29) is 0 Å². The Morgan fingerprint density at radius 1 is 1.38 bits per heavy atom. The van der Waals surface area contributed by atoms with Gasteiger partial charge in [-0.3, -0.25) is 0 Å². The summed E-state index contributed by atoms with van der Waals surface area (Å²) in [5.41, 5.74) is 3.93. The van der Waals surface area contributed by atoms with Crippen LogP contribution in [-0.4, -0.2) is 15.0 Å². The van der Waals surface area contributed by atoms with Gasteiger partial charge in [0, 0.05) is 0 Å². The highest BCUT2D eigenvalue weighted by Crippen LogP contribution is 1.96. The van der Waals surface area contributed by atoms with E-state index in [0.717, 1.165) is 0 Å². The van der Waals surface area contributed by atoms with Crippen molar-refractivity contribution in [2.75, 3.05) is 0 Å². The van der Waals surface area contributed by atoms with Crippen LogP contribution in [0.15, 0.2) is 28.2 Å².